The van der Waals surface area contributed by atoms with Gasteiger partial charge in [-0.2, -0.15) is 0 Å². The molecule has 108 valence electrons. The molecular weight excluding hydrogens is 361 g/mol. The molecule has 1 atom stereocenters. The van der Waals surface area contributed by atoms with Crippen LogP contribution in [0.4, 0.5) is 4.39 Å². The van der Waals surface area contributed by atoms with Crippen LogP contribution in [0.2, 0.25) is 5.02 Å². The Labute approximate surface area is 136 Å². The van der Waals surface area contributed by atoms with Gasteiger partial charge in [0.05, 0.1) is 0 Å². The summed E-state index contributed by atoms with van der Waals surface area (Å²) < 4.78 is 15.0. The summed E-state index contributed by atoms with van der Waals surface area (Å²) in [7, 11) is 0. The predicted molar refractivity (Wildman–Crippen MR) is 88.2 cm³/mol. The molecule has 0 aliphatic rings. The normalized spacial score (nSPS) is 12.6. The van der Waals surface area contributed by atoms with E-state index >= 15 is 0 Å². The van der Waals surface area contributed by atoms with Crippen LogP contribution in [0.3, 0.4) is 0 Å². The number of thiophene rings is 1. The number of nitrogens with one attached hydrogen (secondary N) is 1. The van der Waals surface area contributed by atoms with Crippen LogP contribution in [0.5, 0.6) is 0 Å². The third-order valence-electron chi connectivity index (χ3n) is 3.04. The van der Waals surface area contributed by atoms with Crippen molar-refractivity contribution in [1.82, 2.24) is 5.32 Å². The average Bonchev–Trinajstić information content (AvgIpc) is 2.84. The van der Waals surface area contributed by atoms with Crippen molar-refractivity contribution >= 4 is 38.9 Å². The summed E-state index contributed by atoms with van der Waals surface area (Å²) in [6.45, 7) is 3.01. The lowest BCUT2D eigenvalue weighted by Crippen LogP contribution is -2.23. The van der Waals surface area contributed by atoms with Crippen molar-refractivity contribution in [1.29, 1.82) is 0 Å². The quantitative estimate of drug-likeness (QED) is 0.693. The van der Waals surface area contributed by atoms with Crippen molar-refractivity contribution in [3.8, 4) is 0 Å². The van der Waals surface area contributed by atoms with Gasteiger partial charge in [0.25, 0.3) is 0 Å². The fraction of sp³-hybridized carbons (Fsp3) is 0.333. The van der Waals surface area contributed by atoms with Gasteiger partial charge in [0.15, 0.2) is 0 Å². The van der Waals surface area contributed by atoms with Gasteiger partial charge in [-0.05, 0) is 53.5 Å². The maximum Gasteiger partial charge on any atom is 0.127 e. The van der Waals surface area contributed by atoms with E-state index in [2.05, 4.69) is 34.2 Å². The fourth-order valence-corrected chi connectivity index (χ4v) is 3.80. The highest BCUT2D eigenvalue weighted by Crippen LogP contribution is 2.30. The van der Waals surface area contributed by atoms with Crippen LogP contribution in [0.1, 0.15) is 29.8 Å². The molecule has 0 saturated carbocycles. The van der Waals surface area contributed by atoms with Crippen LogP contribution in [0.15, 0.2) is 34.1 Å². The van der Waals surface area contributed by atoms with Crippen molar-refractivity contribution < 1.29 is 4.39 Å². The van der Waals surface area contributed by atoms with Crippen molar-refractivity contribution in [2.75, 3.05) is 6.54 Å². The molecule has 2 rings (SSSR count). The van der Waals surface area contributed by atoms with Crippen LogP contribution < -0.4 is 5.32 Å². The van der Waals surface area contributed by atoms with Crippen LogP contribution >= 0.6 is 38.9 Å². The van der Waals surface area contributed by atoms with Gasteiger partial charge in [-0.1, -0.05) is 24.6 Å². The Morgan fingerprint density at radius 1 is 1.45 bits per heavy atom. The first-order chi connectivity index (χ1) is 9.61. The third kappa shape index (κ3) is 4.04. The Balaban J connectivity index is 2.23. The Morgan fingerprint density at radius 2 is 2.25 bits per heavy atom. The summed E-state index contributed by atoms with van der Waals surface area (Å²) in [6, 6.07) is 6.99. The molecule has 0 bridgehead atoms. The molecule has 5 heteroatoms. The molecular formula is C15H16BrClFNS. The summed E-state index contributed by atoms with van der Waals surface area (Å²) in [5.41, 5.74) is 0.576. The van der Waals surface area contributed by atoms with E-state index in [1.165, 1.54) is 10.9 Å². The zero-order valence-electron chi connectivity index (χ0n) is 11.1. The van der Waals surface area contributed by atoms with Crippen molar-refractivity contribution in [3.05, 3.63) is 55.4 Å². The van der Waals surface area contributed by atoms with Gasteiger partial charge in [0.1, 0.15) is 5.82 Å². The van der Waals surface area contributed by atoms with E-state index in [-0.39, 0.29) is 11.9 Å². The van der Waals surface area contributed by atoms with E-state index in [0.29, 0.717) is 17.0 Å². The number of benzene rings is 1. The van der Waals surface area contributed by atoms with Gasteiger partial charge in [0.2, 0.25) is 0 Å². The second-order valence-corrected chi connectivity index (χ2v) is 6.84. The number of hydrogen-bond donors (Lipinski definition) is 1. The summed E-state index contributed by atoms with van der Waals surface area (Å²) in [5.74, 6) is -0.239. The molecule has 2 aromatic rings. The highest BCUT2D eigenvalue weighted by molar-refractivity contribution is 9.10. The standard InChI is InChI=1S/C15H16BrClFNS/c1-2-6-19-14(15-7-10(16)9-20-15)8-11-12(17)4-3-5-13(11)18/h3-5,7,9,14,19H,2,6,8H2,1H3. The zero-order chi connectivity index (χ0) is 14.5. The van der Waals surface area contributed by atoms with Crippen molar-refractivity contribution in [3.63, 3.8) is 0 Å². The minimum Gasteiger partial charge on any atom is -0.309 e. The summed E-state index contributed by atoms with van der Waals surface area (Å²) in [4.78, 5) is 1.18. The maximum atomic E-state index is 13.9. The lowest BCUT2D eigenvalue weighted by atomic mass is 10.0. The second-order valence-electron chi connectivity index (χ2n) is 4.58. The Hall–Kier alpha value is -0.420. The smallest absolute Gasteiger partial charge is 0.127 e. The third-order valence-corrected chi connectivity index (χ3v) is 5.20. The monoisotopic (exact) mass is 375 g/mol. The SMILES string of the molecule is CCCNC(Cc1c(F)cccc1Cl)c1cc(Br)cs1. The van der Waals surface area contributed by atoms with Crippen molar-refractivity contribution in [2.24, 2.45) is 0 Å². The van der Waals surface area contributed by atoms with E-state index in [1.807, 2.05) is 5.38 Å². The van der Waals surface area contributed by atoms with Gasteiger partial charge in [-0.3, -0.25) is 0 Å². The molecule has 1 heterocycles. The highest BCUT2D eigenvalue weighted by Gasteiger charge is 2.17. The zero-order valence-corrected chi connectivity index (χ0v) is 14.3. The van der Waals surface area contributed by atoms with Gasteiger partial charge >= 0.3 is 0 Å². The van der Waals surface area contributed by atoms with Crippen molar-refractivity contribution in [2.45, 2.75) is 25.8 Å². The largest absolute Gasteiger partial charge is 0.309 e. The Kier molecular flexibility index (Phi) is 6.02. The fourth-order valence-electron chi connectivity index (χ4n) is 2.03. The number of halogens is 3. The molecule has 1 nitrogen and oxygen atoms in total. The van der Waals surface area contributed by atoms with Crippen LogP contribution in [0, 0.1) is 5.82 Å². The first-order valence-electron chi connectivity index (χ1n) is 6.52. The second kappa shape index (κ2) is 7.55. The molecule has 1 N–H and O–H groups in total. The minimum atomic E-state index is -0.239. The Morgan fingerprint density at radius 3 is 2.85 bits per heavy atom. The molecule has 0 fully saturated rings. The average molecular weight is 377 g/mol. The lowest BCUT2D eigenvalue weighted by Gasteiger charge is -2.18. The van der Waals surface area contributed by atoms with E-state index in [9.17, 15) is 4.39 Å². The predicted octanol–water partition coefficient (Wildman–Crippen LogP) is 5.59. The molecule has 0 aliphatic carbocycles. The van der Waals surface area contributed by atoms with E-state index in [1.54, 1.807) is 23.5 Å². The van der Waals surface area contributed by atoms with E-state index in [0.717, 1.165) is 17.4 Å². The topological polar surface area (TPSA) is 12.0 Å². The van der Waals surface area contributed by atoms with Gasteiger partial charge < -0.3 is 5.32 Å². The molecule has 0 amide bonds. The van der Waals surface area contributed by atoms with Gasteiger partial charge in [-0.25, -0.2) is 4.39 Å². The summed E-state index contributed by atoms with van der Waals surface area (Å²) in [6.07, 6.45) is 1.59. The molecule has 0 saturated heterocycles. The first kappa shape index (κ1) is 16.0. The molecule has 1 aromatic heterocycles. The highest BCUT2D eigenvalue weighted by atomic mass is 79.9. The first-order valence-corrected chi connectivity index (χ1v) is 8.57. The molecule has 0 aliphatic heterocycles. The van der Waals surface area contributed by atoms with Crippen LogP contribution in [0.25, 0.3) is 0 Å². The van der Waals surface area contributed by atoms with Crippen LogP contribution in [-0.4, -0.2) is 6.54 Å². The number of rotatable bonds is 6. The van der Waals surface area contributed by atoms with E-state index < -0.39 is 0 Å². The Bertz CT molecular complexity index is 553. The van der Waals surface area contributed by atoms with Gasteiger partial charge in [0, 0.05) is 31.4 Å². The maximum absolute atomic E-state index is 13.9. The number of hydrogen-bond acceptors (Lipinski definition) is 2. The minimum absolute atomic E-state index is 0.0839. The molecule has 1 unspecified atom stereocenters. The summed E-state index contributed by atoms with van der Waals surface area (Å²) in [5, 5.41) is 6.00. The van der Waals surface area contributed by atoms with Gasteiger partial charge in [-0.15, -0.1) is 11.3 Å². The summed E-state index contributed by atoms with van der Waals surface area (Å²) >= 11 is 11.3. The molecule has 1 aromatic carbocycles. The molecule has 0 radical (unpaired) electrons. The molecule has 0 spiro atoms. The molecule has 20 heavy (non-hydrogen) atoms. The van der Waals surface area contributed by atoms with Crippen LogP contribution in [-0.2, 0) is 6.42 Å². The lowest BCUT2D eigenvalue weighted by molar-refractivity contribution is 0.519. The van der Waals surface area contributed by atoms with E-state index in [4.69, 9.17) is 11.6 Å².